The van der Waals surface area contributed by atoms with Gasteiger partial charge >= 0.3 is 0 Å². The molecule has 1 aliphatic rings. The van der Waals surface area contributed by atoms with Gasteiger partial charge in [-0.15, -0.1) is 11.3 Å². The highest BCUT2D eigenvalue weighted by molar-refractivity contribution is 9.10. The van der Waals surface area contributed by atoms with Crippen LogP contribution in [0.15, 0.2) is 34.1 Å². The number of aromatic nitrogens is 1. The molecule has 0 aliphatic carbocycles. The van der Waals surface area contributed by atoms with E-state index in [4.69, 9.17) is 0 Å². The van der Waals surface area contributed by atoms with E-state index in [-0.39, 0.29) is 5.78 Å². The summed E-state index contributed by atoms with van der Waals surface area (Å²) in [5, 5.41) is 12.0. The number of rotatable bonds is 6. The number of nitrogens with zero attached hydrogens (tertiary/aromatic N) is 4. The Labute approximate surface area is 166 Å². The molecule has 1 aromatic carbocycles. The average Bonchev–Trinajstić information content (AvgIpc) is 3.13. The minimum atomic E-state index is -0.784. The van der Waals surface area contributed by atoms with Gasteiger partial charge in [0.15, 0.2) is 11.7 Å². The second-order valence-electron chi connectivity index (χ2n) is 6.32. The van der Waals surface area contributed by atoms with E-state index in [1.807, 2.05) is 29.6 Å². The number of halogens is 1. The third-order valence-electron chi connectivity index (χ3n) is 4.65. The molecule has 1 atom stereocenters. The van der Waals surface area contributed by atoms with Crippen molar-refractivity contribution >= 4 is 33.0 Å². The van der Waals surface area contributed by atoms with Crippen LogP contribution in [0.5, 0.6) is 0 Å². The van der Waals surface area contributed by atoms with E-state index >= 15 is 0 Å². The highest BCUT2D eigenvalue weighted by Crippen LogP contribution is 2.28. The zero-order valence-electron chi connectivity index (χ0n) is 14.7. The molecule has 1 saturated heterocycles. The number of hydrogen-bond acceptors (Lipinski definition) is 6. The molecular formula is C19H21BrN4OS. The average molecular weight is 433 g/mol. The topological polar surface area (TPSA) is 60.2 Å². The van der Waals surface area contributed by atoms with Gasteiger partial charge in [-0.05, 0) is 18.7 Å². The summed E-state index contributed by atoms with van der Waals surface area (Å²) in [5.74, 6) is -0.845. The Bertz CT molecular complexity index is 791. The first-order valence-corrected chi connectivity index (χ1v) is 10.4. The maximum atomic E-state index is 12.7. The predicted octanol–water partition coefficient (Wildman–Crippen LogP) is 3.39. The molecule has 0 radical (unpaired) electrons. The third-order valence-corrected chi connectivity index (χ3v) is 6.09. The zero-order valence-corrected chi connectivity index (χ0v) is 17.1. The van der Waals surface area contributed by atoms with Crippen LogP contribution in [0.4, 0.5) is 0 Å². The largest absolute Gasteiger partial charge is 0.301 e. The first-order valence-electron chi connectivity index (χ1n) is 8.69. The maximum absolute atomic E-state index is 12.7. The summed E-state index contributed by atoms with van der Waals surface area (Å²) in [6, 6.07) is 10.0. The summed E-state index contributed by atoms with van der Waals surface area (Å²) in [6.45, 7) is 7.22. The Kier molecular flexibility index (Phi) is 6.54. The lowest BCUT2D eigenvalue weighted by atomic mass is 10.1. The number of carbonyl (C=O) groups excluding carboxylic acids is 1. The standard InChI is InChI=1S/C19H21BrN4OS/c1-2-23-7-9-24(10-8-23)12-18(25)16(11-21)19-22-17(13-26-19)14-3-5-15(20)6-4-14/h3-6,13,16H,2,7-10,12H2,1H3. The molecule has 0 amide bonds. The molecule has 26 heavy (non-hydrogen) atoms. The summed E-state index contributed by atoms with van der Waals surface area (Å²) in [5.41, 5.74) is 1.79. The number of ketones is 1. The molecule has 0 saturated carbocycles. The van der Waals surface area contributed by atoms with Crippen molar-refractivity contribution in [3.63, 3.8) is 0 Å². The van der Waals surface area contributed by atoms with Crippen molar-refractivity contribution in [3.05, 3.63) is 39.1 Å². The molecular weight excluding hydrogens is 412 g/mol. The molecule has 2 aromatic rings. The second kappa shape index (κ2) is 8.87. The normalized spacial score (nSPS) is 17.0. The second-order valence-corrected chi connectivity index (χ2v) is 8.12. The molecule has 0 spiro atoms. The fraction of sp³-hybridized carbons (Fsp3) is 0.421. The fourth-order valence-corrected chi connectivity index (χ4v) is 4.17. The predicted molar refractivity (Wildman–Crippen MR) is 107 cm³/mol. The van der Waals surface area contributed by atoms with E-state index in [2.05, 4.69) is 43.7 Å². The lowest BCUT2D eigenvalue weighted by Crippen LogP contribution is -2.48. The van der Waals surface area contributed by atoms with Gasteiger partial charge in [0.25, 0.3) is 0 Å². The van der Waals surface area contributed by atoms with Crippen molar-refractivity contribution < 1.29 is 4.79 Å². The van der Waals surface area contributed by atoms with Crippen LogP contribution in [0.3, 0.4) is 0 Å². The van der Waals surface area contributed by atoms with E-state index in [0.717, 1.165) is 48.5 Å². The number of carbonyl (C=O) groups is 1. The van der Waals surface area contributed by atoms with Crippen molar-refractivity contribution in [2.75, 3.05) is 39.3 Å². The lowest BCUT2D eigenvalue weighted by Gasteiger charge is -2.33. The van der Waals surface area contributed by atoms with Gasteiger partial charge in [0.2, 0.25) is 0 Å². The molecule has 136 valence electrons. The van der Waals surface area contributed by atoms with Gasteiger partial charge in [-0.1, -0.05) is 35.0 Å². The highest BCUT2D eigenvalue weighted by atomic mass is 79.9. The van der Waals surface area contributed by atoms with Crippen LogP contribution >= 0.6 is 27.3 Å². The molecule has 5 nitrogen and oxygen atoms in total. The Morgan fingerprint density at radius 3 is 2.54 bits per heavy atom. The number of likely N-dealkylation sites (N-methyl/N-ethyl adjacent to an activating group) is 1. The van der Waals surface area contributed by atoms with Crippen LogP contribution in [-0.4, -0.2) is 59.8 Å². The van der Waals surface area contributed by atoms with Gasteiger partial charge in [-0.3, -0.25) is 9.69 Å². The van der Waals surface area contributed by atoms with Gasteiger partial charge in [0.1, 0.15) is 5.01 Å². The minimum absolute atomic E-state index is 0.0610. The van der Waals surface area contributed by atoms with Gasteiger partial charge in [0, 0.05) is 41.6 Å². The Balaban J connectivity index is 1.66. The number of thiazole rings is 1. The molecule has 7 heteroatoms. The van der Waals surface area contributed by atoms with Crippen molar-refractivity contribution in [3.8, 4) is 17.3 Å². The van der Waals surface area contributed by atoms with E-state index in [0.29, 0.717) is 11.6 Å². The van der Waals surface area contributed by atoms with Crippen LogP contribution in [-0.2, 0) is 4.79 Å². The summed E-state index contributed by atoms with van der Waals surface area (Å²) >= 11 is 4.80. The number of benzene rings is 1. The van der Waals surface area contributed by atoms with E-state index in [9.17, 15) is 10.1 Å². The summed E-state index contributed by atoms with van der Waals surface area (Å²) < 4.78 is 1.00. The van der Waals surface area contributed by atoms with E-state index in [1.165, 1.54) is 11.3 Å². The SMILES string of the molecule is CCN1CCN(CC(=O)C(C#N)c2nc(-c3ccc(Br)cc3)cs2)CC1. The van der Waals surface area contributed by atoms with Gasteiger partial charge in [-0.25, -0.2) is 4.98 Å². The van der Waals surface area contributed by atoms with Crippen LogP contribution in [0.2, 0.25) is 0 Å². The minimum Gasteiger partial charge on any atom is -0.301 e. The summed E-state index contributed by atoms with van der Waals surface area (Å²) in [6.07, 6.45) is 0. The zero-order chi connectivity index (χ0) is 18.5. The molecule has 1 unspecified atom stereocenters. The lowest BCUT2D eigenvalue weighted by molar-refractivity contribution is -0.120. The van der Waals surface area contributed by atoms with Crippen LogP contribution < -0.4 is 0 Å². The number of Topliss-reactive ketones (excluding diaryl/α,β-unsaturated/α-hetero) is 1. The third kappa shape index (κ3) is 4.57. The first kappa shape index (κ1) is 19.2. The molecule has 1 aromatic heterocycles. The van der Waals surface area contributed by atoms with Crippen LogP contribution in [0.25, 0.3) is 11.3 Å². The molecule has 2 heterocycles. The molecule has 1 fully saturated rings. The van der Waals surface area contributed by atoms with E-state index < -0.39 is 5.92 Å². The summed E-state index contributed by atoms with van der Waals surface area (Å²) in [4.78, 5) is 21.7. The maximum Gasteiger partial charge on any atom is 0.170 e. The van der Waals surface area contributed by atoms with Gasteiger partial charge < -0.3 is 4.90 Å². The van der Waals surface area contributed by atoms with Crippen LogP contribution in [0.1, 0.15) is 17.8 Å². The van der Waals surface area contributed by atoms with Crippen molar-refractivity contribution in [1.29, 1.82) is 5.26 Å². The Morgan fingerprint density at radius 1 is 1.27 bits per heavy atom. The highest BCUT2D eigenvalue weighted by Gasteiger charge is 2.27. The molecule has 0 N–H and O–H groups in total. The Hall–Kier alpha value is -1.59. The number of piperazine rings is 1. The first-order chi connectivity index (χ1) is 12.6. The molecule has 0 bridgehead atoms. The quantitative estimate of drug-likeness (QED) is 0.699. The summed E-state index contributed by atoms with van der Waals surface area (Å²) in [7, 11) is 0. The number of hydrogen-bond donors (Lipinski definition) is 0. The van der Waals surface area contributed by atoms with Crippen molar-refractivity contribution in [2.24, 2.45) is 0 Å². The Morgan fingerprint density at radius 2 is 1.92 bits per heavy atom. The van der Waals surface area contributed by atoms with Gasteiger partial charge in [0.05, 0.1) is 18.3 Å². The van der Waals surface area contributed by atoms with Crippen molar-refractivity contribution in [2.45, 2.75) is 12.8 Å². The molecule has 1 aliphatic heterocycles. The van der Waals surface area contributed by atoms with E-state index in [1.54, 1.807) is 0 Å². The van der Waals surface area contributed by atoms with Gasteiger partial charge in [-0.2, -0.15) is 5.26 Å². The fourth-order valence-electron chi connectivity index (χ4n) is 3.01. The van der Waals surface area contributed by atoms with Crippen LogP contribution in [0, 0.1) is 11.3 Å². The van der Waals surface area contributed by atoms with Crippen molar-refractivity contribution in [1.82, 2.24) is 14.8 Å². The monoisotopic (exact) mass is 432 g/mol. The number of nitriles is 1. The molecule has 3 rings (SSSR count). The smallest absolute Gasteiger partial charge is 0.170 e.